The quantitative estimate of drug-likeness (QED) is 0.706. The summed E-state index contributed by atoms with van der Waals surface area (Å²) in [7, 11) is 1.62. The topological polar surface area (TPSA) is 38.3 Å². The maximum Gasteiger partial charge on any atom is 0.224 e. The average molecular weight is 354 g/mol. The fourth-order valence-electron chi connectivity index (χ4n) is 2.95. The van der Waals surface area contributed by atoms with Crippen molar-refractivity contribution in [1.82, 2.24) is 5.32 Å². The number of hydrogen-bond acceptors (Lipinski definition) is 2. The second kappa shape index (κ2) is 8.15. The number of carbonyl (C=O) groups excluding carboxylic acids is 1. The Morgan fingerprint density at radius 1 is 1.04 bits per heavy atom. The van der Waals surface area contributed by atoms with Crippen LogP contribution in [0.15, 0.2) is 66.7 Å². The minimum Gasteiger partial charge on any atom is -0.375 e. The Kier molecular flexibility index (Phi) is 5.69. The van der Waals surface area contributed by atoms with Gasteiger partial charge in [0, 0.05) is 24.2 Å². The molecule has 0 bridgehead atoms. The van der Waals surface area contributed by atoms with E-state index < -0.39 is 0 Å². The highest BCUT2D eigenvalue weighted by Crippen LogP contribution is 2.24. The number of carbonyl (C=O) groups is 1. The number of rotatable bonds is 6. The molecule has 1 atom stereocenters. The van der Waals surface area contributed by atoms with Crippen molar-refractivity contribution in [1.29, 1.82) is 0 Å². The Morgan fingerprint density at radius 2 is 1.76 bits per heavy atom. The summed E-state index contributed by atoms with van der Waals surface area (Å²) in [5.74, 6) is -0.0366. The Bertz CT molecular complexity index is 873. The molecule has 0 heterocycles. The molecule has 4 heteroatoms. The van der Waals surface area contributed by atoms with E-state index in [-0.39, 0.29) is 12.0 Å². The van der Waals surface area contributed by atoms with Crippen LogP contribution in [0.4, 0.5) is 0 Å². The number of nitrogens with one attached hydrogen (secondary N) is 1. The van der Waals surface area contributed by atoms with E-state index in [9.17, 15) is 4.79 Å². The van der Waals surface area contributed by atoms with E-state index >= 15 is 0 Å². The summed E-state index contributed by atoms with van der Waals surface area (Å²) in [5.41, 5.74) is 1.89. The first kappa shape index (κ1) is 17.5. The summed E-state index contributed by atoms with van der Waals surface area (Å²) in [6.07, 6.45) is 0.0606. The molecule has 25 heavy (non-hydrogen) atoms. The van der Waals surface area contributed by atoms with Gasteiger partial charge in [0.05, 0.1) is 6.42 Å². The lowest BCUT2D eigenvalue weighted by Crippen LogP contribution is -2.30. The van der Waals surface area contributed by atoms with Gasteiger partial charge in [-0.3, -0.25) is 4.79 Å². The molecule has 0 spiro atoms. The lowest BCUT2D eigenvalue weighted by molar-refractivity contribution is -0.121. The van der Waals surface area contributed by atoms with Crippen LogP contribution in [0.2, 0.25) is 5.02 Å². The normalized spacial score (nSPS) is 12.1. The van der Waals surface area contributed by atoms with Gasteiger partial charge in [0.2, 0.25) is 5.91 Å². The molecule has 128 valence electrons. The number of halogens is 1. The van der Waals surface area contributed by atoms with E-state index in [1.165, 1.54) is 0 Å². The van der Waals surface area contributed by atoms with Crippen LogP contribution < -0.4 is 5.32 Å². The first-order valence-electron chi connectivity index (χ1n) is 8.19. The molecule has 3 aromatic carbocycles. The molecule has 3 aromatic rings. The van der Waals surface area contributed by atoms with Gasteiger partial charge in [-0.05, 0) is 22.4 Å². The summed E-state index contributed by atoms with van der Waals surface area (Å²) in [6.45, 7) is 0.379. The molecular weight excluding hydrogens is 334 g/mol. The Morgan fingerprint density at radius 3 is 2.56 bits per heavy atom. The van der Waals surface area contributed by atoms with Crippen molar-refractivity contribution in [2.75, 3.05) is 13.7 Å². The van der Waals surface area contributed by atoms with Gasteiger partial charge in [0.15, 0.2) is 0 Å². The van der Waals surface area contributed by atoms with Crippen molar-refractivity contribution in [3.8, 4) is 0 Å². The van der Waals surface area contributed by atoms with Crippen molar-refractivity contribution >= 4 is 28.3 Å². The molecule has 0 fully saturated rings. The van der Waals surface area contributed by atoms with Crippen molar-refractivity contribution in [3.05, 3.63) is 82.9 Å². The Balaban J connectivity index is 1.67. The molecule has 0 aliphatic heterocycles. The van der Waals surface area contributed by atoms with Gasteiger partial charge in [-0.1, -0.05) is 72.3 Å². The third-order valence-corrected chi connectivity index (χ3v) is 4.60. The highest BCUT2D eigenvalue weighted by atomic mass is 35.5. The van der Waals surface area contributed by atoms with Gasteiger partial charge in [0.1, 0.15) is 6.10 Å². The lowest BCUT2D eigenvalue weighted by atomic mass is 10.0. The van der Waals surface area contributed by atoms with Crippen LogP contribution in [0.3, 0.4) is 0 Å². The summed E-state index contributed by atoms with van der Waals surface area (Å²) in [6, 6.07) is 21.6. The van der Waals surface area contributed by atoms with Gasteiger partial charge < -0.3 is 10.1 Å². The lowest BCUT2D eigenvalue weighted by Gasteiger charge is -2.18. The second-order valence-corrected chi connectivity index (χ2v) is 6.27. The zero-order valence-corrected chi connectivity index (χ0v) is 14.8. The number of hydrogen-bond donors (Lipinski definition) is 1. The molecule has 0 aliphatic rings. The van der Waals surface area contributed by atoms with E-state index in [2.05, 4.69) is 17.4 Å². The molecule has 0 aliphatic carbocycles. The van der Waals surface area contributed by atoms with E-state index in [0.29, 0.717) is 18.0 Å². The molecule has 3 nitrogen and oxygen atoms in total. The van der Waals surface area contributed by atoms with Crippen LogP contribution in [0.5, 0.6) is 0 Å². The predicted octanol–water partition coefficient (Wildman–Crippen LogP) is 4.54. The van der Waals surface area contributed by atoms with Crippen molar-refractivity contribution in [3.63, 3.8) is 0 Å². The van der Waals surface area contributed by atoms with E-state index in [1.54, 1.807) is 7.11 Å². The maximum absolute atomic E-state index is 12.4. The molecule has 1 N–H and O–H groups in total. The first-order chi connectivity index (χ1) is 12.2. The fraction of sp³-hybridized carbons (Fsp3) is 0.190. The molecule has 0 saturated carbocycles. The minimum atomic E-state index is -0.273. The van der Waals surface area contributed by atoms with Crippen LogP contribution in [0.25, 0.3) is 10.8 Å². The standard InChI is InChI=1S/C21H20ClNO2/c1-25-20(18-11-4-5-12-19(18)22)14-23-21(24)13-16-9-6-8-15-7-2-3-10-17(15)16/h2-12,20H,13-14H2,1H3,(H,23,24). The van der Waals surface area contributed by atoms with Crippen LogP contribution >= 0.6 is 11.6 Å². The summed E-state index contributed by atoms with van der Waals surface area (Å²) in [4.78, 5) is 12.4. The largest absolute Gasteiger partial charge is 0.375 e. The van der Waals surface area contributed by atoms with Gasteiger partial charge in [-0.25, -0.2) is 0 Å². The number of benzene rings is 3. The highest BCUT2D eigenvalue weighted by Gasteiger charge is 2.15. The molecule has 0 radical (unpaired) electrons. The molecule has 1 unspecified atom stereocenters. The predicted molar refractivity (Wildman–Crippen MR) is 102 cm³/mol. The molecular formula is C21H20ClNO2. The van der Waals surface area contributed by atoms with Crippen LogP contribution in [0.1, 0.15) is 17.2 Å². The minimum absolute atomic E-state index is 0.0366. The van der Waals surface area contributed by atoms with E-state index in [1.807, 2.05) is 54.6 Å². The molecule has 0 saturated heterocycles. The monoisotopic (exact) mass is 353 g/mol. The van der Waals surface area contributed by atoms with Gasteiger partial charge in [-0.2, -0.15) is 0 Å². The summed E-state index contributed by atoms with van der Waals surface area (Å²) in [5, 5.41) is 5.83. The SMILES string of the molecule is COC(CNC(=O)Cc1cccc2ccccc12)c1ccccc1Cl. The summed E-state index contributed by atoms with van der Waals surface area (Å²) < 4.78 is 5.49. The zero-order chi connectivity index (χ0) is 17.6. The number of amides is 1. The van der Waals surface area contributed by atoms with Crippen LogP contribution in [-0.2, 0) is 16.0 Å². The van der Waals surface area contributed by atoms with Crippen molar-refractivity contribution in [2.45, 2.75) is 12.5 Å². The second-order valence-electron chi connectivity index (χ2n) is 5.86. The van der Waals surface area contributed by atoms with Crippen LogP contribution in [0, 0.1) is 0 Å². The molecule has 3 rings (SSSR count). The smallest absolute Gasteiger partial charge is 0.224 e. The maximum atomic E-state index is 12.4. The summed E-state index contributed by atoms with van der Waals surface area (Å²) >= 11 is 6.22. The number of methoxy groups -OCH3 is 1. The molecule has 0 aromatic heterocycles. The van der Waals surface area contributed by atoms with Crippen LogP contribution in [-0.4, -0.2) is 19.6 Å². The third kappa shape index (κ3) is 4.19. The highest BCUT2D eigenvalue weighted by molar-refractivity contribution is 6.31. The Labute approximate surface area is 152 Å². The molecule has 1 amide bonds. The fourth-order valence-corrected chi connectivity index (χ4v) is 3.20. The van der Waals surface area contributed by atoms with Crippen molar-refractivity contribution < 1.29 is 9.53 Å². The van der Waals surface area contributed by atoms with Gasteiger partial charge in [-0.15, -0.1) is 0 Å². The number of ether oxygens (including phenoxy) is 1. The zero-order valence-electron chi connectivity index (χ0n) is 14.0. The van der Waals surface area contributed by atoms with Crippen molar-refractivity contribution in [2.24, 2.45) is 0 Å². The Hall–Kier alpha value is -2.36. The van der Waals surface area contributed by atoms with E-state index in [4.69, 9.17) is 16.3 Å². The van der Waals surface area contributed by atoms with Gasteiger partial charge >= 0.3 is 0 Å². The van der Waals surface area contributed by atoms with E-state index in [0.717, 1.165) is 21.9 Å². The number of fused-ring (bicyclic) bond motifs is 1. The first-order valence-corrected chi connectivity index (χ1v) is 8.57. The van der Waals surface area contributed by atoms with Gasteiger partial charge in [0.25, 0.3) is 0 Å². The average Bonchev–Trinajstić information content (AvgIpc) is 2.64. The third-order valence-electron chi connectivity index (χ3n) is 4.25.